The smallest absolute Gasteiger partial charge is 0.251 e. The van der Waals surface area contributed by atoms with Crippen LogP contribution in [0.5, 0.6) is 0 Å². The molecule has 1 aliphatic rings. The van der Waals surface area contributed by atoms with Gasteiger partial charge in [-0.2, -0.15) is 0 Å². The monoisotopic (exact) mass is 192 g/mol. The van der Waals surface area contributed by atoms with Crippen LogP contribution in [0.15, 0.2) is 0 Å². The first-order valence-electron chi connectivity index (χ1n) is 4.81. The van der Waals surface area contributed by atoms with Gasteiger partial charge in [0, 0.05) is 18.6 Å². The van der Waals surface area contributed by atoms with E-state index in [-0.39, 0.29) is 12.6 Å². The molecular formula is C9H18F2N2. The molecule has 0 aromatic rings. The van der Waals surface area contributed by atoms with Crippen LogP contribution < -0.4 is 5.32 Å². The van der Waals surface area contributed by atoms with Gasteiger partial charge in [0.25, 0.3) is 6.43 Å². The lowest BCUT2D eigenvalue weighted by Crippen LogP contribution is -2.40. The van der Waals surface area contributed by atoms with Crippen LogP contribution >= 0.6 is 0 Å². The topological polar surface area (TPSA) is 15.3 Å². The molecule has 0 amide bonds. The zero-order valence-electron chi connectivity index (χ0n) is 8.26. The number of halogens is 2. The van der Waals surface area contributed by atoms with E-state index in [4.69, 9.17) is 0 Å². The first-order valence-corrected chi connectivity index (χ1v) is 4.81. The van der Waals surface area contributed by atoms with Crippen LogP contribution in [0.2, 0.25) is 0 Å². The Morgan fingerprint density at radius 2 is 2.08 bits per heavy atom. The van der Waals surface area contributed by atoms with E-state index >= 15 is 0 Å². The highest BCUT2D eigenvalue weighted by atomic mass is 19.3. The highest BCUT2D eigenvalue weighted by molar-refractivity contribution is 4.82. The molecule has 2 nitrogen and oxygen atoms in total. The van der Waals surface area contributed by atoms with Crippen LogP contribution in [0, 0.1) is 0 Å². The van der Waals surface area contributed by atoms with Crippen LogP contribution in [-0.2, 0) is 0 Å². The van der Waals surface area contributed by atoms with Crippen molar-refractivity contribution in [2.45, 2.75) is 38.3 Å². The van der Waals surface area contributed by atoms with Crippen LogP contribution in [0.25, 0.3) is 0 Å². The molecule has 1 N–H and O–H groups in total. The first kappa shape index (κ1) is 10.9. The van der Waals surface area contributed by atoms with Crippen LogP contribution in [0.4, 0.5) is 8.78 Å². The van der Waals surface area contributed by atoms with E-state index in [9.17, 15) is 8.78 Å². The molecule has 0 spiro atoms. The summed E-state index contributed by atoms with van der Waals surface area (Å²) >= 11 is 0. The van der Waals surface area contributed by atoms with E-state index in [0.29, 0.717) is 6.04 Å². The third-order valence-corrected chi connectivity index (χ3v) is 2.46. The van der Waals surface area contributed by atoms with Crippen molar-refractivity contribution < 1.29 is 8.78 Å². The lowest BCUT2D eigenvalue weighted by Gasteiger charge is -2.24. The van der Waals surface area contributed by atoms with Gasteiger partial charge in [-0.15, -0.1) is 0 Å². The minimum absolute atomic E-state index is 0.131. The fourth-order valence-corrected chi connectivity index (χ4v) is 1.18. The Morgan fingerprint density at radius 1 is 1.46 bits per heavy atom. The summed E-state index contributed by atoms with van der Waals surface area (Å²) in [5.74, 6) is 0. The van der Waals surface area contributed by atoms with Gasteiger partial charge in [-0.25, -0.2) is 8.78 Å². The van der Waals surface area contributed by atoms with Gasteiger partial charge in [0.05, 0.1) is 6.54 Å². The van der Waals surface area contributed by atoms with Crippen molar-refractivity contribution in [3.05, 3.63) is 0 Å². The van der Waals surface area contributed by atoms with Gasteiger partial charge in [-0.05, 0) is 26.8 Å². The minimum atomic E-state index is -2.23. The third kappa shape index (κ3) is 4.52. The number of hydrogen-bond acceptors (Lipinski definition) is 2. The summed E-state index contributed by atoms with van der Waals surface area (Å²) in [5, 5.41) is 3.32. The van der Waals surface area contributed by atoms with Crippen molar-refractivity contribution in [2.75, 3.05) is 20.1 Å². The maximum atomic E-state index is 12.0. The first-order chi connectivity index (χ1) is 6.09. The van der Waals surface area contributed by atoms with E-state index in [1.165, 1.54) is 12.8 Å². The molecule has 0 bridgehead atoms. The molecule has 78 valence electrons. The minimum Gasteiger partial charge on any atom is -0.312 e. The fraction of sp³-hybridized carbons (Fsp3) is 1.00. The summed E-state index contributed by atoms with van der Waals surface area (Å²) in [6.07, 6.45) is 0.254. The molecule has 0 aromatic carbocycles. The second kappa shape index (κ2) is 4.86. The van der Waals surface area contributed by atoms with Crippen molar-refractivity contribution in [1.29, 1.82) is 0 Å². The molecule has 1 fully saturated rings. The summed E-state index contributed by atoms with van der Waals surface area (Å²) < 4.78 is 24.0. The molecule has 1 atom stereocenters. The normalized spacial score (nSPS) is 19.8. The van der Waals surface area contributed by atoms with E-state index in [0.717, 1.165) is 6.54 Å². The second-order valence-corrected chi connectivity index (χ2v) is 3.86. The second-order valence-electron chi connectivity index (χ2n) is 3.86. The number of likely N-dealkylation sites (N-methyl/N-ethyl adjacent to an activating group) is 1. The van der Waals surface area contributed by atoms with Crippen LogP contribution in [0.1, 0.15) is 19.8 Å². The zero-order chi connectivity index (χ0) is 9.84. The molecule has 0 heterocycles. The van der Waals surface area contributed by atoms with Gasteiger partial charge in [0.1, 0.15) is 0 Å². The van der Waals surface area contributed by atoms with E-state index in [1.807, 2.05) is 6.92 Å². The summed E-state index contributed by atoms with van der Waals surface area (Å²) in [6.45, 7) is 2.65. The van der Waals surface area contributed by atoms with Crippen molar-refractivity contribution in [1.82, 2.24) is 10.2 Å². The van der Waals surface area contributed by atoms with Gasteiger partial charge >= 0.3 is 0 Å². The molecule has 1 rings (SSSR count). The molecule has 0 saturated heterocycles. The molecule has 1 unspecified atom stereocenters. The maximum absolute atomic E-state index is 12.0. The number of nitrogens with one attached hydrogen (secondary N) is 1. The Hall–Kier alpha value is -0.220. The van der Waals surface area contributed by atoms with Gasteiger partial charge in [-0.1, -0.05) is 0 Å². The van der Waals surface area contributed by atoms with E-state index in [1.54, 1.807) is 11.9 Å². The lowest BCUT2D eigenvalue weighted by atomic mass is 10.3. The summed E-state index contributed by atoms with van der Waals surface area (Å²) in [5.41, 5.74) is 0. The molecular weight excluding hydrogens is 174 g/mol. The van der Waals surface area contributed by atoms with Crippen molar-refractivity contribution in [2.24, 2.45) is 0 Å². The quantitative estimate of drug-likeness (QED) is 0.683. The summed E-state index contributed by atoms with van der Waals surface area (Å²) in [6, 6.07) is 0.844. The van der Waals surface area contributed by atoms with Crippen molar-refractivity contribution in [3.8, 4) is 0 Å². The van der Waals surface area contributed by atoms with E-state index in [2.05, 4.69) is 5.32 Å². The van der Waals surface area contributed by atoms with Crippen molar-refractivity contribution >= 4 is 0 Å². The molecule has 0 aromatic heterocycles. The third-order valence-electron chi connectivity index (χ3n) is 2.46. The van der Waals surface area contributed by atoms with E-state index < -0.39 is 6.43 Å². The van der Waals surface area contributed by atoms with Crippen LogP contribution in [0.3, 0.4) is 0 Å². The fourth-order valence-electron chi connectivity index (χ4n) is 1.18. The van der Waals surface area contributed by atoms with Crippen molar-refractivity contribution in [3.63, 3.8) is 0 Å². The predicted molar refractivity (Wildman–Crippen MR) is 49.1 cm³/mol. The number of alkyl halides is 2. The van der Waals surface area contributed by atoms with Gasteiger partial charge in [0.2, 0.25) is 0 Å². The van der Waals surface area contributed by atoms with Crippen LogP contribution in [-0.4, -0.2) is 43.5 Å². The number of nitrogens with zero attached hydrogens (tertiary/aromatic N) is 1. The Labute approximate surface area is 78.3 Å². The average molecular weight is 192 g/mol. The lowest BCUT2D eigenvalue weighted by molar-refractivity contribution is 0.0840. The largest absolute Gasteiger partial charge is 0.312 e. The Balaban J connectivity index is 2.08. The van der Waals surface area contributed by atoms with Gasteiger partial charge in [-0.3, -0.25) is 4.90 Å². The molecule has 0 radical (unpaired) electrons. The highest BCUT2D eigenvalue weighted by Crippen LogP contribution is 2.18. The molecule has 1 aliphatic carbocycles. The SMILES string of the molecule is CC(CNC1CC1)N(C)CC(F)F. The summed E-state index contributed by atoms with van der Waals surface area (Å²) in [7, 11) is 1.74. The van der Waals surface area contributed by atoms with Gasteiger partial charge < -0.3 is 5.32 Å². The zero-order valence-corrected chi connectivity index (χ0v) is 8.26. The number of rotatable bonds is 6. The average Bonchev–Trinajstić information content (AvgIpc) is 2.81. The highest BCUT2D eigenvalue weighted by Gasteiger charge is 2.22. The predicted octanol–water partition coefficient (Wildman–Crippen LogP) is 1.32. The molecule has 0 aliphatic heterocycles. The Kier molecular flexibility index (Phi) is 4.06. The number of hydrogen-bond donors (Lipinski definition) is 1. The van der Waals surface area contributed by atoms with Gasteiger partial charge in [0.15, 0.2) is 0 Å². The Bertz CT molecular complexity index is 149. The molecule has 4 heteroatoms. The standard InChI is InChI=1S/C9H18F2N2/c1-7(5-12-8-3-4-8)13(2)6-9(10)11/h7-9,12H,3-6H2,1-2H3. The maximum Gasteiger partial charge on any atom is 0.251 e. The molecule has 1 saturated carbocycles. The summed E-state index contributed by atoms with van der Waals surface area (Å²) in [4.78, 5) is 1.69. The Morgan fingerprint density at radius 3 is 2.54 bits per heavy atom. The molecule has 13 heavy (non-hydrogen) atoms.